The van der Waals surface area contributed by atoms with E-state index in [9.17, 15) is 4.79 Å². The van der Waals surface area contributed by atoms with E-state index >= 15 is 0 Å². The third-order valence-corrected chi connectivity index (χ3v) is 2.39. The van der Waals surface area contributed by atoms with Gasteiger partial charge in [0.05, 0.1) is 13.2 Å². The highest BCUT2D eigenvalue weighted by molar-refractivity contribution is 5.81. The Balaban J connectivity index is 2.61. The number of carbonyl (C=O) groups excluding carboxylic acids is 1. The molecular formula is C9H17NO3. The SMILES string of the molecule is CCOC(=O)C1(NC)CCCOC1. The molecule has 1 heterocycles. The Morgan fingerprint density at radius 3 is 2.92 bits per heavy atom. The molecule has 4 heteroatoms. The normalized spacial score (nSPS) is 28.5. The quantitative estimate of drug-likeness (QED) is 0.646. The molecule has 1 saturated heterocycles. The number of ether oxygens (including phenoxy) is 2. The lowest BCUT2D eigenvalue weighted by molar-refractivity contribution is -0.156. The fraction of sp³-hybridized carbons (Fsp3) is 0.889. The van der Waals surface area contributed by atoms with Crippen molar-refractivity contribution in [3.8, 4) is 0 Å². The maximum Gasteiger partial charge on any atom is 0.328 e. The lowest BCUT2D eigenvalue weighted by Crippen LogP contribution is -2.56. The molecular weight excluding hydrogens is 170 g/mol. The number of esters is 1. The second-order valence-electron chi connectivity index (χ2n) is 3.21. The van der Waals surface area contributed by atoms with Gasteiger partial charge in [0.25, 0.3) is 0 Å². The van der Waals surface area contributed by atoms with Crippen LogP contribution in [-0.2, 0) is 14.3 Å². The smallest absolute Gasteiger partial charge is 0.328 e. The van der Waals surface area contributed by atoms with Gasteiger partial charge in [-0.25, -0.2) is 4.79 Å². The second-order valence-corrected chi connectivity index (χ2v) is 3.21. The highest BCUT2D eigenvalue weighted by Crippen LogP contribution is 2.20. The van der Waals surface area contributed by atoms with Crippen molar-refractivity contribution in [2.45, 2.75) is 25.3 Å². The summed E-state index contributed by atoms with van der Waals surface area (Å²) in [6.07, 6.45) is 1.70. The molecule has 0 aromatic carbocycles. The molecule has 1 fully saturated rings. The Morgan fingerprint density at radius 2 is 2.46 bits per heavy atom. The summed E-state index contributed by atoms with van der Waals surface area (Å²) in [4.78, 5) is 11.6. The number of rotatable bonds is 3. The van der Waals surface area contributed by atoms with Gasteiger partial charge in [0, 0.05) is 6.61 Å². The summed E-state index contributed by atoms with van der Waals surface area (Å²) in [6.45, 7) is 3.39. The van der Waals surface area contributed by atoms with Gasteiger partial charge in [-0.15, -0.1) is 0 Å². The van der Waals surface area contributed by atoms with Gasteiger partial charge in [0.15, 0.2) is 0 Å². The summed E-state index contributed by atoms with van der Waals surface area (Å²) in [6, 6.07) is 0. The maximum atomic E-state index is 11.6. The van der Waals surface area contributed by atoms with E-state index < -0.39 is 5.54 Å². The summed E-state index contributed by atoms with van der Waals surface area (Å²) < 4.78 is 10.3. The molecule has 1 unspecified atom stereocenters. The van der Waals surface area contributed by atoms with Crippen LogP contribution in [0.2, 0.25) is 0 Å². The van der Waals surface area contributed by atoms with Gasteiger partial charge in [-0.3, -0.25) is 0 Å². The molecule has 1 N–H and O–H groups in total. The Kier molecular flexibility index (Phi) is 3.69. The molecule has 0 aromatic heterocycles. The Hall–Kier alpha value is -0.610. The van der Waals surface area contributed by atoms with E-state index in [4.69, 9.17) is 9.47 Å². The van der Waals surface area contributed by atoms with Crippen molar-refractivity contribution in [2.75, 3.05) is 26.9 Å². The van der Waals surface area contributed by atoms with Crippen LogP contribution in [0.15, 0.2) is 0 Å². The van der Waals surface area contributed by atoms with Crippen molar-refractivity contribution in [1.82, 2.24) is 5.32 Å². The lowest BCUT2D eigenvalue weighted by Gasteiger charge is -2.34. The average molecular weight is 187 g/mol. The number of carbonyl (C=O) groups is 1. The van der Waals surface area contributed by atoms with Gasteiger partial charge >= 0.3 is 5.97 Å². The minimum absolute atomic E-state index is 0.197. The van der Waals surface area contributed by atoms with E-state index in [0.29, 0.717) is 13.2 Å². The van der Waals surface area contributed by atoms with E-state index in [-0.39, 0.29) is 5.97 Å². The monoisotopic (exact) mass is 187 g/mol. The van der Waals surface area contributed by atoms with Gasteiger partial charge in [-0.2, -0.15) is 0 Å². The van der Waals surface area contributed by atoms with Crippen LogP contribution < -0.4 is 5.32 Å². The first-order chi connectivity index (χ1) is 6.25. The average Bonchev–Trinajstić information content (AvgIpc) is 2.19. The zero-order valence-corrected chi connectivity index (χ0v) is 8.26. The van der Waals surface area contributed by atoms with Crippen LogP contribution in [0.1, 0.15) is 19.8 Å². The third kappa shape index (κ3) is 2.19. The van der Waals surface area contributed by atoms with Crippen LogP contribution in [-0.4, -0.2) is 38.4 Å². The Bertz CT molecular complexity index is 176. The van der Waals surface area contributed by atoms with Crippen molar-refractivity contribution in [3.05, 3.63) is 0 Å². The van der Waals surface area contributed by atoms with E-state index in [1.807, 2.05) is 6.92 Å². The molecule has 1 aliphatic rings. The van der Waals surface area contributed by atoms with Crippen LogP contribution in [0.3, 0.4) is 0 Å². The molecule has 0 saturated carbocycles. The summed E-state index contributed by atoms with van der Waals surface area (Å²) in [5.74, 6) is -0.197. The van der Waals surface area contributed by atoms with Crippen molar-refractivity contribution >= 4 is 5.97 Å². The predicted octanol–water partition coefficient (Wildman–Crippen LogP) is 0.318. The Labute approximate surface area is 78.6 Å². The molecule has 0 spiro atoms. The molecule has 13 heavy (non-hydrogen) atoms. The maximum absolute atomic E-state index is 11.6. The fourth-order valence-electron chi connectivity index (χ4n) is 1.52. The molecule has 1 atom stereocenters. The standard InChI is InChI=1S/C9H17NO3/c1-3-13-8(11)9(10-2)5-4-6-12-7-9/h10H,3-7H2,1-2H3. The fourth-order valence-corrected chi connectivity index (χ4v) is 1.52. The van der Waals surface area contributed by atoms with Gasteiger partial charge in [0.2, 0.25) is 0 Å². The summed E-state index contributed by atoms with van der Waals surface area (Å²) in [5, 5.41) is 3.00. The molecule has 1 aliphatic heterocycles. The summed E-state index contributed by atoms with van der Waals surface area (Å²) in [7, 11) is 1.77. The molecule has 0 aromatic rings. The first-order valence-corrected chi connectivity index (χ1v) is 4.69. The zero-order valence-electron chi connectivity index (χ0n) is 8.26. The van der Waals surface area contributed by atoms with Gasteiger partial charge in [0.1, 0.15) is 5.54 Å². The van der Waals surface area contributed by atoms with E-state index in [1.165, 1.54) is 0 Å². The third-order valence-electron chi connectivity index (χ3n) is 2.39. The minimum Gasteiger partial charge on any atom is -0.465 e. The number of likely N-dealkylation sites (N-methyl/N-ethyl adjacent to an activating group) is 1. The lowest BCUT2D eigenvalue weighted by atomic mass is 9.93. The number of hydrogen-bond acceptors (Lipinski definition) is 4. The van der Waals surface area contributed by atoms with Gasteiger partial charge < -0.3 is 14.8 Å². The minimum atomic E-state index is -0.603. The highest BCUT2D eigenvalue weighted by atomic mass is 16.5. The van der Waals surface area contributed by atoms with Crippen molar-refractivity contribution < 1.29 is 14.3 Å². The molecule has 0 aliphatic carbocycles. The largest absolute Gasteiger partial charge is 0.465 e. The van der Waals surface area contributed by atoms with Crippen LogP contribution in [0, 0.1) is 0 Å². The van der Waals surface area contributed by atoms with Crippen LogP contribution in [0.5, 0.6) is 0 Å². The number of nitrogens with one attached hydrogen (secondary N) is 1. The summed E-state index contributed by atoms with van der Waals surface area (Å²) >= 11 is 0. The Morgan fingerprint density at radius 1 is 1.69 bits per heavy atom. The van der Waals surface area contributed by atoms with Gasteiger partial charge in [-0.05, 0) is 26.8 Å². The van der Waals surface area contributed by atoms with Crippen molar-refractivity contribution in [2.24, 2.45) is 0 Å². The molecule has 1 rings (SSSR count). The first-order valence-electron chi connectivity index (χ1n) is 4.69. The van der Waals surface area contributed by atoms with E-state index in [0.717, 1.165) is 19.4 Å². The molecule has 0 amide bonds. The predicted molar refractivity (Wildman–Crippen MR) is 48.5 cm³/mol. The van der Waals surface area contributed by atoms with Crippen molar-refractivity contribution in [1.29, 1.82) is 0 Å². The van der Waals surface area contributed by atoms with Crippen molar-refractivity contribution in [3.63, 3.8) is 0 Å². The van der Waals surface area contributed by atoms with Crippen LogP contribution in [0.25, 0.3) is 0 Å². The van der Waals surface area contributed by atoms with Gasteiger partial charge in [-0.1, -0.05) is 0 Å². The second kappa shape index (κ2) is 4.58. The molecule has 4 nitrogen and oxygen atoms in total. The molecule has 0 bridgehead atoms. The van der Waals surface area contributed by atoms with Crippen LogP contribution in [0.4, 0.5) is 0 Å². The topological polar surface area (TPSA) is 47.6 Å². The van der Waals surface area contributed by atoms with E-state index in [1.54, 1.807) is 7.05 Å². The molecule has 0 radical (unpaired) electrons. The van der Waals surface area contributed by atoms with Crippen LogP contribution >= 0.6 is 0 Å². The summed E-state index contributed by atoms with van der Waals surface area (Å²) in [5.41, 5.74) is -0.603. The zero-order chi connectivity index (χ0) is 9.73. The number of hydrogen-bond donors (Lipinski definition) is 1. The highest BCUT2D eigenvalue weighted by Gasteiger charge is 2.40. The van der Waals surface area contributed by atoms with E-state index in [2.05, 4.69) is 5.32 Å². The molecule has 76 valence electrons. The first kappa shape index (κ1) is 10.5.